The van der Waals surface area contributed by atoms with E-state index in [0.29, 0.717) is 36.5 Å². The van der Waals surface area contributed by atoms with Gasteiger partial charge < -0.3 is 24.5 Å². The van der Waals surface area contributed by atoms with Gasteiger partial charge in [-0.1, -0.05) is 35.5 Å². The Labute approximate surface area is 232 Å². The molecule has 0 atom stereocenters. The SMILES string of the molecule is COC1CCN(C(=O)c2ccc3c(c2)c2c(C(N)=O)cc(-c4c(C)noc4C)cc2n3Cc2ccccc2)CC1. The number of carbonyl (C=O) groups is 2. The van der Waals surface area contributed by atoms with Crippen molar-refractivity contribution >= 4 is 33.6 Å². The fourth-order valence-corrected chi connectivity index (χ4v) is 6.00. The van der Waals surface area contributed by atoms with Gasteiger partial charge >= 0.3 is 0 Å². The summed E-state index contributed by atoms with van der Waals surface area (Å²) in [5.74, 6) is 0.118. The van der Waals surface area contributed by atoms with Crippen LogP contribution in [0.15, 0.2) is 65.2 Å². The summed E-state index contributed by atoms with van der Waals surface area (Å²) in [6, 6.07) is 19.8. The van der Waals surface area contributed by atoms with Crippen LogP contribution in [0, 0.1) is 13.8 Å². The first-order chi connectivity index (χ1) is 19.4. The summed E-state index contributed by atoms with van der Waals surface area (Å²) < 4.78 is 13.1. The van der Waals surface area contributed by atoms with Gasteiger partial charge in [0.15, 0.2) is 0 Å². The maximum absolute atomic E-state index is 13.5. The lowest BCUT2D eigenvalue weighted by Crippen LogP contribution is -2.40. The van der Waals surface area contributed by atoms with E-state index >= 15 is 0 Å². The molecule has 5 aromatic rings. The fourth-order valence-electron chi connectivity index (χ4n) is 6.00. The quantitative estimate of drug-likeness (QED) is 0.310. The van der Waals surface area contributed by atoms with Crippen molar-refractivity contribution in [3.8, 4) is 11.1 Å². The Morgan fingerprint density at radius 2 is 1.77 bits per heavy atom. The molecule has 8 nitrogen and oxygen atoms in total. The molecule has 1 aliphatic heterocycles. The first-order valence-electron chi connectivity index (χ1n) is 13.5. The molecule has 0 unspecified atom stereocenters. The third kappa shape index (κ3) is 4.44. The van der Waals surface area contributed by atoms with Crippen LogP contribution < -0.4 is 5.73 Å². The van der Waals surface area contributed by atoms with Crippen LogP contribution in [0.1, 0.15) is 50.6 Å². The van der Waals surface area contributed by atoms with Crippen molar-refractivity contribution in [1.82, 2.24) is 14.6 Å². The third-order valence-corrected chi connectivity index (χ3v) is 8.05. The smallest absolute Gasteiger partial charge is 0.253 e. The molecule has 40 heavy (non-hydrogen) atoms. The van der Waals surface area contributed by atoms with Crippen LogP contribution in [0.25, 0.3) is 32.9 Å². The minimum Gasteiger partial charge on any atom is -0.381 e. The first kappa shape index (κ1) is 25.8. The Hall–Kier alpha value is -4.43. The third-order valence-electron chi connectivity index (χ3n) is 8.05. The molecule has 0 saturated carbocycles. The van der Waals surface area contributed by atoms with Crippen molar-refractivity contribution in [3.63, 3.8) is 0 Å². The summed E-state index contributed by atoms with van der Waals surface area (Å²) in [6.45, 7) is 5.63. The number of ether oxygens (including phenoxy) is 1. The summed E-state index contributed by atoms with van der Waals surface area (Å²) in [5, 5.41) is 5.68. The molecular formula is C32H32N4O4. The number of rotatable bonds is 6. The molecule has 1 fully saturated rings. The van der Waals surface area contributed by atoms with Crippen molar-refractivity contribution in [2.24, 2.45) is 5.73 Å². The van der Waals surface area contributed by atoms with Crippen LogP contribution >= 0.6 is 0 Å². The zero-order valence-electron chi connectivity index (χ0n) is 22.9. The monoisotopic (exact) mass is 536 g/mol. The number of fused-ring (bicyclic) bond motifs is 3. The maximum atomic E-state index is 13.5. The van der Waals surface area contributed by atoms with Gasteiger partial charge in [-0.15, -0.1) is 0 Å². The fraction of sp³-hybridized carbons (Fsp3) is 0.281. The predicted octanol–water partition coefficient (Wildman–Crippen LogP) is 5.46. The molecule has 8 heteroatoms. The molecule has 1 saturated heterocycles. The number of hydrogen-bond acceptors (Lipinski definition) is 5. The van der Waals surface area contributed by atoms with Gasteiger partial charge in [0.1, 0.15) is 5.76 Å². The number of nitrogens with two attached hydrogens (primary N) is 1. The van der Waals surface area contributed by atoms with E-state index in [1.807, 2.05) is 61.2 Å². The van der Waals surface area contributed by atoms with Gasteiger partial charge in [-0.25, -0.2) is 0 Å². The van der Waals surface area contributed by atoms with Crippen LogP contribution in [0.2, 0.25) is 0 Å². The van der Waals surface area contributed by atoms with E-state index in [1.54, 1.807) is 7.11 Å². The Kier molecular flexibility index (Phi) is 6.64. The van der Waals surface area contributed by atoms with Crippen LogP contribution in [-0.2, 0) is 11.3 Å². The number of hydrogen-bond donors (Lipinski definition) is 1. The average molecular weight is 537 g/mol. The molecular weight excluding hydrogens is 504 g/mol. The summed E-state index contributed by atoms with van der Waals surface area (Å²) in [6.07, 6.45) is 1.82. The first-order valence-corrected chi connectivity index (χ1v) is 13.5. The van der Waals surface area contributed by atoms with E-state index in [-0.39, 0.29) is 12.0 Å². The summed E-state index contributed by atoms with van der Waals surface area (Å²) in [5.41, 5.74) is 12.3. The van der Waals surface area contributed by atoms with Crippen molar-refractivity contribution < 1.29 is 18.8 Å². The van der Waals surface area contributed by atoms with Crippen molar-refractivity contribution in [1.29, 1.82) is 0 Å². The van der Waals surface area contributed by atoms with Crippen molar-refractivity contribution in [2.45, 2.75) is 39.3 Å². The number of likely N-dealkylation sites (tertiary alicyclic amines) is 1. The minimum absolute atomic E-state index is 0.0200. The Morgan fingerprint density at radius 3 is 2.42 bits per heavy atom. The standard InChI is InChI=1S/C32H32N4O4/c1-19-29(20(2)40-34-19)23-16-26(31(33)37)30-25-15-22(32(38)35-13-11-24(39-3)12-14-35)9-10-27(25)36(28(30)17-23)18-21-7-5-4-6-8-21/h4-10,15-17,24H,11-14,18H2,1-3H3,(H2,33,37). The number of benzene rings is 3. The van der Waals surface area contributed by atoms with Crippen LogP contribution in [-0.4, -0.2) is 52.7 Å². The van der Waals surface area contributed by atoms with Crippen LogP contribution in [0.4, 0.5) is 0 Å². The molecule has 2 aromatic heterocycles. The van der Waals surface area contributed by atoms with Gasteiger partial charge in [0.2, 0.25) is 5.91 Å². The zero-order valence-corrected chi connectivity index (χ0v) is 22.9. The number of piperidine rings is 1. The van der Waals surface area contributed by atoms with E-state index < -0.39 is 5.91 Å². The number of carbonyl (C=O) groups excluding carboxylic acids is 2. The summed E-state index contributed by atoms with van der Waals surface area (Å²) >= 11 is 0. The van der Waals surface area contributed by atoms with Gasteiger partial charge in [0.25, 0.3) is 5.91 Å². The van der Waals surface area contributed by atoms with E-state index in [4.69, 9.17) is 15.0 Å². The van der Waals surface area contributed by atoms with Gasteiger partial charge in [-0.05, 0) is 68.1 Å². The lowest BCUT2D eigenvalue weighted by Gasteiger charge is -2.31. The topological polar surface area (TPSA) is 104 Å². The molecule has 3 aromatic carbocycles. The van der Waals surface area contributed by atoms with E-state index in [0.717, 1.165) is 57.0 Å². The largest absolute Gasteiger partial charge is 0.381 e. The lowest BCUT2D eigenvalue weighted by molar-refractivity contribution is 0.0351. The Balaban J connectivity index is 1.56. The zero-order chi connectivity index (χ0) is 28.0. The summed E-state index contributed by atoms with van der Waals surface area (Å²) in [7, 11) is 1.72. The highest BCUT2D eigenvalue weighted by molar-refractivity contribution is 6.20. The van der Waals surface area contributed by atoms with Crippen LogP contribution in [0.5, 0.6) is 0 Å². The number of methoxy groups -OCH3 is 1. The van der Waals surface area contributed by atoms with Gasteiger partial charge in [0, 0.05) is 59.7 Å². The highest BCUT2D eigenvalue weighted by Gasteiger charge is 2.26. The lowest BCUT2D eigenvalue weighted by atomic mass is 9.97. The van der Waals surface area contributed by atoms with Gasteiger partial charge in [-0.2, -0.15) is 0 Å². The van der Waals surface area contributed by atoms with Gasteiger partial charge in [-0.3, -0.25) is 9.59 Å². The molecule has 0 radical (unpaired) electrons. The summed E-state index contributed by atoms with van der Waals surface area (Å²) in [4.78, 5) is 28.4. The number of amides is 2. The highest BCUT2D eigenvalue weighted by atomic mass is 16.5. The molecule has 0 spiro atoms. The second-order valence-electron chi connectivity index (χ2n) is 10.5. The number of aryl methyl sites for hydroxylation is 2. The molecule has 1 aliphatic rings. The molecule has 0 bridgehead atoms. The van der Waals surface area contributed by atoms with Crippen LogP contribution in [0.3, 0.4) is 0 Å². The predicted molar refractivity (Wildman–Crippen MR) is 154 cm³/mol. The number of nitrogens with zero attached hydrogens (tertiary/aromatic N) is 3. The normalized spacial score (nSPS) is 14.3. The molecule has 2 N–H and O–H groups in total. The molecule has 3 heterocycles. The average Bonchev–Trinajstić information content (AvgIpc) is 3.47. The van der Waals surface area contributed by atoms with E-state index in [9.17, 15) is 9.59 Å². The Morgan fingerprint density at radius 1 is 1.02 bits per heavy atom. The Bertz CT molecular complexity index is 1720. The molecule has 0 aliphatic carbocycles. The number of primary amides is 1. The number of aromatic nitrogens is 2. The highest BCUT2D eigenvalue weighted by Crippen LogP contribution is 2.38. The second kappa shape index (κ2) is 10.3. The van der Waals surface area contributed by atoms with E-state index in [2.05, 4.69) is 27.9 Å². The van der Waals surface area contributed by atoms with Gasteiger partial charge in [0.05, 0.1) is 17.3 Å². The molecule has 2 amide bonds. The molecule has 6 rings (SSSR count). The van der Waals surface area contributed by atoms with Crippen molar-refractivity contribution in [3.05, 3.63) is 88.8 Å². The maximum Gasteiger partial charge on any atom is 0.253 e. The second-order valence-corrected chi connectivity index (χ2v) is 10.5. The van der Waals surface area contributed by atoms with E-state index in [1.165, 1.54) is 0 Å². The van der Waals surface area contributed by atoms with Crippen molar-refractivity contribution in [2.75, 3.05) is 20.2 Å². The molecule has 204 valence electrons. The minimum atomic E-state index is -0.532.